The molecule has 1 atom stereocenters. The van der Waals surface area contributed by atoms with Crippen molar-refractivity contribution in [1.29, 1.82) is 1.43 Å². The first-order valence-corrected chi connectivity index (χ1v) is 8.82. The van der Waals surface area contributed by atoms with Crippen LogP contribution in [0.1, 0.15) is 56.0 Å². The maximum Gasteiger partial charge on any atom is 0.306 e. The second-order valence-corrected chi connectivity index (χ2v) is 7.14. The van der Waals surface area contributed by atoms with Gasteiger partial charge in [-0.25, -0.2) is 0 Å². The quantitative estimate of drug-likeness (QED) is 0.857. The molecule has 2 aromatic rings. The predicted molar refractivity (Wildman–Crippen MR) is 95.5 cm³/mol. The molecule has 1 aliphatic rings. The summed E-state index contributed by atoms with van der Waals surface area (Å²) in [5.41, 5.74) is 4.18. The van der Waals surface area contributed by atoms with E-state index in [0.29, 0.717) is 6.61 Å². The summed E-state index contributed by atoms with van der Waals surface area (Å²) in [5.74, 6) is -0.674. The molecule has 130 valence electrons. The SMILES string of the molecule is [2H]OC(=O)C[C@@]1(C(C)C)OCCc2c1n([2H])c1c(CCC)c(C)ccc21. The largest absolute Gasteiger partial charge is 0.481 e. The smallest absolute Gasteiger partial charge is 0.306 e. The molecule has 0 fully saturated rings. The lowest BCUT2D eigenvalue weighted by atomic mass is 9.80. The summed E-state index contributed by atoms with van der Waals surface area (Å²) in [6.45, 7) is 8.69. The Morgan fingerprint density at radius 2 is 2.33 bits per heavy atom. The van der Waals surface area contributed by atoms with E-state index < -0.39 is 11.6 Å². The first-order chi connectivity index (χ1) is 12.4. The van der Waals surface area contributed by atoms with Gasteiger partial charge in [0.15, 0.2) is 1.41 Å². The van der Waals surface area contributed by atoms with E-state index >= 15 is 0 Å². The molecule has 4 nitrogen and oxygen atoms in total. The van der Waals surface area contributed by atoms with Crippen molar-refractivity contribution in [2.75, 3.05) is 6.61 Å². The highest BCUT2D eigenvalue weighted by molar-refractivity contribution is 5.89. The number of benzene rings is 1. The zero-order valence-electron chi connectivity index (χ0n) is 16.9. The minimum Gasteiger partial charge on any atom is -0.481 e. The van der Waals surface area contributed by atoms with Crippen LogP contribution in [0, 0.1) is 12.8 Å². The van der Waals surface area contributed by atoms with E-state index in [9.17, 15) is 4.79 Å². The van der Waals surface area contributed by atoms with Gasteiger partial charge in [-0.05, 0) is 42.4 Å². The molecule has 3 rings (SSSR count). The number of fused-ring (bicyclic) bond motifs is 3. The maximum absolute atomic E-state index is 12.0. The number of aryl methyl sites for hydroxylation is 2. The third-order valence-corrected chi connectivity index (χ3v) is 5.30. The van der Waals surface area contributed by atoms with Gasteiger partial charge in [0.05, 0.1) is 18.7 Å². The number of aliphatic carboxylic acids is 1. The molecule has 0 aliphatic carbocycles. The minimum absolute atomic E-state index is 0.0372. The summed E-state index contributed by atoms with van der Waals surface area (Å²) >= 11 is 0. The molecule has 0 saturated carbocycles. The first kappa shape index (κ1) is 14.5. The monoisotopic (exact) mass is 331 g/mol. The number of carbonyl (C=O) groups is 1. The number of carboxylic acid groups (broad SMARTS) is 1. The molecule has 1 aromatic carbocycles. The van der Waals surface area contributed by atoms with Crippen LogP contribution in [-0.2, 0) is 28.0 Å². The van der Waals surface area contributed by atoms with Crippen molar-refractivity contribution >= 4 is 16.9 Å². The van der Waals surface area contributed by atoms with E-state index in [4.69, 9.17) is 7.58 Å². The van der Waals surface area contributed by atoms with Gasteiger partial charge in [-0.15, -0.1) is 0 Å². The van der Waals surface area contributed by atoms with Crippen molar-refractivity contribution in [3.63, 3.8) is 0 Å². The van der Waals surface area contributed by atoms with Crippen molar-refractivity contribution in [3.05, 3.63) is 34.5 Å². The molecular formula is C20H27NO3. The summed E-state index contributed by atoms with van der Waals surface area (Å²) in [6, 6.07) is 4.21. The van der Waals surface area contributed by atoms with Crippen molar-refractivity contribution in [3.8, 4) is 0 Å². The van der Waals surface area contributed by atoms with Crippen molar-refractivity contribution in [2.24, 2.45) is 5.92 Å². The highest BCUT2D eigenvalue weighted by Crippen LogP contribution is 2.44. The van der Waals surface area contributed by atoms with Crippen LogP contribution in [0.2, 0.25) is 1.41 Å². The van der Waals surface area contributed by atoms with Crippen LogP contribution in [0.3, 0.4) is 0 Å². The molecule has 4 heteroatoms. The van der Waals surface area contributed by atoms with Gasteiger partial charge in [0.25, 0.3) is 1.43 Å². The van der Waals surface area contributed by atoms with Gasteiger partial charge in [-0.1, -0.05) is 39.3 Å². The summed E-state index contributed by atoms with van der Waals surface area (Å²) < 4.78 is 22.0. The van der Waals surface area contributed by atoms with Crippen LogP contribution >= 0.6 is 0 Å². The Morgan fingerprint density at radius 1 is 1.54 bits per heavy atom. The Bertz CT molecular complexity index is 843. The second kappa shape index (κ2) is 6.25. The van der Waals surface area contributed by atoms with E-state index in [1.165, 1.54) is 16.1 Å². The van der Waals surface area contributed by atoms with Crippen LogP contribution in [0.25, 0.3) is 12.3 Å². The van der Waals surface area contributed by atoms with Crippen LogP contribution < -0.4 is 0 Å². The summed E-state index contributed by atoms with van der Waals surface area (Å²) in [4.78, 5) is 13.5. The molecule has 0 amide bonds. The lowest BCUT2D eigenvalue weighted by Gasteiger charge is -2.39. The number of rotatable bonds is 5. The molecule has 0 unspecified atom stereocenters. The molecule has 0 spiro atoms. The predicted octanol–water partition coefficient (Wildman–Crippen LogP) is 4.33. The molecule has 1 aromatic heterocycles. The van der Waals surface area contributed by atoms with Crippen molar-refractivity contribution < 1.29 is 16.1 Å². The Morgan fingerprint density at radius 3 is 3.00 bits per heavy atom. The highest BCUT2D eigenvalue weighted by Gasteiger charge is 2.44. The number of nitrogens with one attached hydrogen (secondary N) is 1. The number of hydrogen-bond donors (Lipinski definition) is 2. The Hall–Kier alpha value is -1.81. The number of hydrogen-bond acceptors (Lipinski definition) is 3. The molecule has 0 radical (unpaired) electrons. The molecule has 24 heavy (non-hydrogen) atoms. The minimum atomic E-state index is -0.941. The third kappa shape index (κ3) is 2.53. The number of aromatic amines is 1. The van der Waals surface area contributed by atoms with Gasteiger partial charge in [-0.2, -0.15) is 0 Å². The maximum atomic E-state index is 12.0. The van der Waals surface area contributed by atoms with Gasteiger partial charge >= 0.3 is 5.97 Å². The fourth-order valence-corrected chi connectivity index (χ4v) is 3.98. The zero-order chi connectivity index (χ0) is 19.1. The lowest BCUT2D eigenvalue weighted by molar-refractivity contribution is -0.154. The summed E-state index contributed by atoms with van der Waals surface area (Å²) in [5, 5.41) is 5.28. The molecular weight excluding hydrogens is 302 g/mol. The summed E-state index contributed by atoms with van der Waals surface area (Å²) in [7, 11) is 0. The first-order valence-electron chi connectivity index (χ1n) is 9.68. The standard InChI is InChI=1S/C20H27NO3/c1-5-6-14-13(4)7-8-15-16-9-10-24-20(12(2)3,11-17(22)23)19(16)21-18(14)15/h7-8,12,21H,5-6,9-11H2,1-4H3,(H,22,23)/t20-/m0/s1/i/hD2. The average molecular weight is 331 g/mol. The number of carboxylic acids is 1. The van der Waals surface area contributed by atoms with Crippen LogP contribution in [0.5, 0.6) is 0 Å². The second-order valence-electron chi connectivity index (χ2n) is 7.14. The number of H-pyrrole nitrogens is 1. The van der Waals surface area contributed by atoms with E-state index in [2.05, 4.69) is 31.1 Å². The third-order valence-electron chi connectivity index (χ3n) is 5.30. The topological polar surface area (TPSA) is 62.3 Å². The fraction of sp³-hybridized carbons (Fsp3) is 0.550. The Balaban J connectivity index is 2.33. The highest BCUT2D eigenvalue weighted by atomic mass is 16.5. The molecule has 0 bridgehead atoms. The van der Waals surface area contributed by atoms with Crippen molar-refractivity contribution in [2.45, 2.75) is 59.0 Å². The number of aromatic nitrogens is 1. The van der Waals surface area contributed by atoms with E-state index in [1.807, 2.05) is 13.8 Å². The van der Waals surface area contributed by atoms with E-state index in [-0.39, 0.29) is 12.3 Å². The van der Waals surface area contributed by atoms with Gasteiger partial charge in [-0.3, -0.25) is 4.79 Å². The van der Waals surface area contributed by atoms with E-state index in [1.54, 1.807) is 0 Å². The number of ether oxygens (including phenoxy) is 1. The van der Waals surface area contributed by atoms with Gasteiger partial charge in [0, 0.05) is 10.9 Å². The fourth-order valence-electron chi connectivity index (χ4n) is 3.98. The van der Waals surface area contributed by atoms with Crippen LogP contribution in [-0.4, -0.2) is 22.7 Å². The van der Waals surface area contributed by atoms with E-state index in [0.717, 1.165) is 41.4 Å². The molecule has 2 heterocycles. The van der Waals surface area contributed by atoms with Crippen molar-refractivity contribution in [1.82, 2.24) is 4.98 Å². The summed E-state index contributed by atoms with van der Waals surface area (Å²) in [6.07, 6.45) is 2.58. The molecule has 0 saturated heterocycles. The van der Waals surface area contributed by atoms with Crippen LogP contribution in [0.4, 0.5) is 0 Å². The van der Waals surface area contributed by atoms with Crippen LogP contribution in [0.15, 0.2) is 12.1 Å². The molecule has 2 N–H and O–H groups in total. The van der Waals surface area contributed by atoms with Gasteiger partial charge in [0.2, 0.25) is 0 Å². The van der Waals surface area contributed by atoms with Gasteiger partial charge in [0.1, 0.15) is 5.60 Å². The Labute approximate surface area is 146 Å². The zero-order valence-corrected chi connectivity index (χ0v) is 14.9. The van der Waals surface area contributed by atoms with Gasteiger partial charge < -0.3 is 14.8 Å². The lowest BCUT2D eigenvalue weighted by Crippen LogP contribution is -2.42. The normalized spacial score (nSPS) is 21.5. The average Bonchev–Trinajstić information content (AvgIpc) is 2.91. The Kier molecular flexibility index (Phi) is 3.78. The molecule has 1 aliphatic heterocycles.